The van der Waals surface area contributed by atoms with Crippen LogP contribution in [-0.4, -0.2) is 0 Å². The Morgan fingerprint density at radius 1 is 0.583 bits per heavy atom. The molecule has 0 radical (unpaired) electrons. The van der Waals surface area contributed by atoms with Gasteiger partial charge in [0.15, 0.2) is 0 Å². The van der Waals surface area contributed by atoms with Crippen molar-refractivity contribution in [2.45, 2.75) is 26.7 Å². The largest absolute Gasteiger partial charge is 0.0651 e. The van der Waals surface area contributed by atoms with Crippen LogP contribution in [0.5, 0.6) is 0 Å². The van der Waals surface area contributed by atoms with Crippen LogP contribution in [-0.2, 0) is 6.42 Å². The standard InChI is InChI=1S/C24H22/c1-3-4-18-7-10-21-16-24-14-20(19-8-5-17(2)6-9-19)11-12-22(24)15-23(21)13-18/h5-16H,3-4H2,1-2H3. The Labute approximate surface area is 143 Å². The van der Waals surface area contributed by atoms with Gasteiger partial charge in [-0.05, 0) is 69.8 Å². The average molecular weight is 310 g/mol. The highest BCUT2D eigenvalue weighted by atomic mass is 14.1. The molecule has 4 aromatic rings. The summed E-state index contributed by atoms with van der Waals surface area (Å²) >= 11 is 0. The molecular weight excluding hydrogens is 288 g/mol. The van der Waals surface area contributed by atoms with Gasteiger partial charge in [-0.15, -0.1) is 0 Å². The SMILES string of the molecule is CCCc1ccc2cc3cc(-c4ccc(C)cc4)ccc3cc2c1. The number of benzene rings is 4. The molecule has 0 aliphatic heterocycles. The van der Waals surface area contributed by atoms with Gasteiger partial charge >= 0.3 is 0 Å². The van der Waals surface area contributed by atoms with Crippen LogP contribution >= 0.6 is 0 Å². The molecule has 0 spiro atoms. The predicted octanol–water partition coefficient (Wildman–Crippen LogP) is 6.92. The van der Waals surface area contributed by atoms with E-state index in [1.807, 2.05) is 0 Å². The number of hydrogen-bond donors (Lipinski definition) is 0. The molecule has 0 aliphatic rings. The van der Waals surface area contributed by atoms with E-state index in [1.54, 1.807) is 0 Å². The van der Waals surface area contributed by atoms with Gasteiger partial charge in [-0.25, -0.2) is 0 Å². The first-order valence-electron chi connectivity index (χ1n) is 8.76. The maximum Gasteiger partial charge on any atom is -0.0171 e. The summed E-state index contributed by atoms with van der Waals surface area (Å²) in [7, 11) is 0. The molecule has 0 saturated carbocycles. The molecule has 118 valence electrons. The second kappa shape index (κ2) is 6.13. The van der Waals surface area contributed by atoms with Crippen molar-refractivity contribution in [2.24, 2.45) is 0 Å². The Hall–Kier alpha value is -2.60. The van der Waals surface area contributed by atoms with E-state index in [1.165, 1.54) is 50.2 Å². The Kier molecular flexibility index (Phi) is 3.82. The molecule has 0 heteroatoms. The molecule has 4 aromatic carbocycles. The Morgan fingerprint density at radius 2 is 1.21 bits per heavy atom. The molecule has 0 aliphatic carbocycles. The summed E-state index contributed by atoms with van der Waals surface area (Å²) in [5.74, 6) is 0. The van der Waals surface area contributed by atoms with Crippen molar-refractivity contribution in [1.29, 1.82) is 0 Å². The first kappa shape index (κ1) is 15.0. The molecule has 0 nitrogen and oxygen atoms in total. The lowest BCUT2D eigenvalue weighted by atomic mass is 9.97. The molecule has 0 aromatic heterocycles. The van der Waals surface area contributed by atoms with Gasteiger partial charge in [0.2, 0.25) is 0 Å². The molecule has 0 bridgehead atoms. The maximum absolute atomic E-state index is 2.34. The molecule has 0 heterocycles. The fraction of sp³-hybridized carbons (Fsp3) is 0.167. The first-order chi connectivity index (χ1) is 11.7. The zero-order chi connectivity index (χ0) is 16.5. The minimum Gasteiger partial charge on any atom is -0.0651 e. The van der Waals surface area contributed by atoms with E-state index in [4.69, 9.17) is 0 Å². The lowest BCUT2D eigenvalue weighted by Crippen LogP contribution is -1.84. The summed E-state index contributed by atoms with van der Waals surface area (Å²) in [6, 6.07) is 27.0. The minimum atomic E-state index is 1.15. The zero-order valence-corrected chi connectivity index (χ0v) is 14.3. The summed E-state index contributed by atoms with van der Waals surface area (Å²) in [5, 5.41) is 5.29. The van der Waals surface area contributed by atoms with Crippen LogP contribution in [0.3, 0.4) is 0 Å². The summed E-state index contributed by atoms with van der Waals surface area (Å²) in [6.07, 6.45) is 2.35. The van der Waals surface area contributed by atoms with Crippen molar-refractivity contribution in [1.82, 2.24) is 0 Å². The van der Waals surface area contributed by atoms with E-state index >= 15 is 0 Å². The monoisotopic (exact) mass is 310 g/mol. The van der Waals surface area contributed by atoms with Crippen molar-refractivity contribution in [2.75, 3.05) is 0 Å². The normalized spacial score (nSPS) is 11.2. The summed E-state index contributed by atoms with van der Waals surface area (Å²) in [4.78, 5) is 0. The van der Waals surface area contributed by atoms with Gasteiger partial charge < -0.3 is 0 Å². The summed E-state index contributed by atoms with van der Waals surface area (Å²) in [5.41, 5.74) is 5.29. The van der Waals surface area contributed by atoms with Crippen LogP contribution < -0.4 is 0 Å². The number of aryl methyl sites for hydroxylation is 2. The van der Waals surface area contributed by atoms with Crippen LogP contribution in [0, 0.1) is 6.92 Å². The molecule has 0 N–H and O–H groups in total. The van der Waals surface area contributed by atoms with E-state index in [-0.39, 0.29) is 0 Å². The van der Waals surface area contributed by atoms with Gasteiger partial charge in [-0.2, -0.15) is 0 Å². The van der Waals surface area contributed by atoms with Crippen LogP contribution in [0.4, 0.5) is 0 Å². The molecule has 0 unspecified atom stereocenters. The van der Waals surface area contributed by atoms with Crippen molar-refractivity contribution < 1.29 is 0 Å². The zero-order valence-electron chi connectivity index (χ0n) is 14.3. The summed E-state index contributed by atoms with van der Waals surface area (Å²) in [6.45, 7) is 4.36. The van der Waals surface area contributed by atoms with Crippen LogP contribution in [0.1, 0.15) is 24.5 Å². The van der Waals surface area contributed by atoms with Gasteiger partial charge in [0.05, 0.1) is 0 Å². The van der Waals surface area contributed by atoms with Crippen molar-refractivity contribution in [3.63, 3.8) is 0 Å². The molecule has 0 amide bonds. The van der Waals surface area contributed by atoms with E-state index in [0.717, 1.165) is 6.42 Å². The number of hydrogen-bond acceptors (Lipinski definition) is 0. The van der Waals surface area contributed by atoms with E-state index in [2.05, 4.69) is 86.6 Å². The lowest BCUT2D eigenvalue weighted by Gasteiger charge is -2.08. The molecule has 0 saturated heterocycles. The molecule has 4 rings (SSSR count). The third-order valence-electron chi connectivity index (χ3n) is 4.78. The fourth-order valence-corrected chi connectivity index (χ4v) is 3.42. The van der Waals surface area contributed by atoms with Crippen LogP contribution in [0.15, 0.2) is 72.8 Å². The molecule has 0 atom stereocenters. The highest BCUT2D eigenvalue weighted by molar-refractivity contribution is 5.99. The lowest BCUT2D eigenvalue weighted by molar-refractivity contribution is 0.924. The van der Waals surface area contributed by atoms with Gasteiger partial charge in [0.25, 0.3) is 0 Å². The van der Waals surface area contributed by atoms with Gasteiger partial charge in [-0.3, -0.25) is 0 Å². The van der Waals surface area contributed by atoms with Gasteiger partial charge in [-0.1, -0.05) is 73.5 Å². The van der Waals surface area contributed by atoms with Crippen molar-refractivity contribution >= 4 is 21.5 Å². The summed E-state index contributed by atoms with van der Waals surface area (Å²) < 4.78 is 0. The molecule has 0 fully saturated rings. The van der Waals surface area contributed by atoms with Crippen LogP contribution in [0.25, 0.3) is 32.7 Å². The third kappa shape index (κ3) is 2.80. The second-order valence-electron chi connectivity index (χ2n) is 6.71. The highest BCUT2D eigenvalue weighted by Crippen LogP contribution is 2.29. The van der Waals surface area contributed by atoms with Crippen LogP contribution in [0.2, 0.25) is 0 Å². The Balaban J connectivity index is 1.83. The maximum atomic E-state index is 2.34. The predicted molar refractivity (Wildman–Crippen MR) is 106 cm³/mol. The molecular formula is C24H22. The topological polar surface area (TPSA) is 0 Å². The van der Waals surface area contributed by atoms with Gasteiger partial charge in [0, 0.05) is 0 Å². The molecule has 24 heavy (non-hydrogen) atoms. The average Bonchev–Trinajstić information content (AvgIpc) is 2.60. The quantitative estimate of drug-likeness (QED) is 0.360. The Bertz CT molecular complexity index is 1010. The van der Waals surface area contributed by atoms with Crippen molar-refractivity contribution in [3.8, 4) is 11.1 Å². The fourth-order valence-electron chi connectivity index (χ4n) is 3.42. The van der Waals surface area contributed by atoms with E-state index < -0.39 is 0 Å². The van der Waals surface area contributed by atoms with Crippen molar-refractivity contribution in [3.05, 3.63) is 83.9 Å². The minimum absolute atomic E-state index is 1.15. The van der Waals surface area contributed by atoms with Gasteiger partial charge in [0.1, 0.15) is 0 Å². The van der Waals surface area contributed by atoms with E-state index in [0.29, 0.717) is 0 Å². The smallest absolute Gasteiger partial charge is 0.0171 e. The third-order valence-corrected chi connectivity index (χ3v) is 4.78. The second-order valence-corrected chi connectivity index (χ2v) is 6.71. The highest BCUT2D eigenvalue weighted by Gasteiger charge is 2.03. The first-order valence-corrected chi connectivity index (χ1v) is 8.76. The number of fused-ring (bicyclic) bond motifs is 2. The number of rotatable bonds is 3. The Morgan fingerprint density at radius 3 is 1.92 bits per heavy atom. The van der Waals surface area contributed by atoms with E-state index in [9.17, 15) is 0 Å².